The molecule has 1 amide bonds. The molecule has 0 aliphatic rings. The Bertz CT molecular complexity index is 1120. The van der Waals surface area contributed by atoms with Crippen LogP contribution in [0.15, 0.2) is 42.6 Å². The first kappa shape index (κ1) is 22.0. The first-order chi connectivity index (χ1) is 15.0. The molecule has 0 bridgehead atoms. The summed E-state index contributed by atoms with van der Waals surface area (Å²) in [7, 11) is 3.11. The highest BCUT2D eigenvalue weighted by atomic mass is 35.5. The van der Waals surface area contributed by atoms with Crippen molar-refractivity contribution in [3.8, 4) is 5.75 Å². The van der Waals surface area contributed by atoms with Gasteiger partial charge in [-0.3, -0.25) is 4.79 Å². The Kier molecular flexibility index (Phi) is 7.04. The van der Waals surface area contributed by atoms with Crippen molar-refractivity contribution in [2.24, 2.45) is 0 Å². The summed E-state index contributed by atoms with van der Waals surface area (Å²) in [5.41, 5.74) is 3.47. The lowest BCUT2D eigenvalue weighted by Gasteiger charge is -2.15. The standard InChI is InChI=1S/C22H22ClN5O3/c1-13-10-18(19(31-3)11-14(13)8-9-29)27-22-25-12-16(23)20(28-22)26-17-7-5-4-6-15(17)21(30)24-2/h4-7,9-12H,8H2,1-3H3,(H,24,30)(H2,25,26,27,28). The van der Waals surface area contributed by atoms with Gasteiger partial charge in [0.15, 0.2) is 5.82 Å². The van der Waals surface area contributed by atoms with Gasteiger partial charge in [-0.05, 0) is 42.3 Å². The van der Waals surface area contributed by atoms with Crippen molar-refractivity contribution in [1.82, 2.24) is 15.3 Å². The number of carbonyl (C=O) groups excluding carboxylic acids is 2. The summed E-state index contributed by atoms with van der Waals surface area (Å²) in [5.74, 6) is 0.941. The van der Waals surface area contributed by atoms with Gasteiger partial charge in [0.05, 0.1) is 30.2 Å². The Morgan fingerprint density at radius 1 is 1.19 bits per heavy atom. The molecule has 3 aromatic rings. The summed E-state index contributed by atoms with van der Waals surface area (Å²) in [4.78, 5) is 31.7. The first-order valence-electron chi connectivity index (χ1n) is 9.45. The largest absolute Gasteiger partial charge is 0.495 e. The van der Waals surface area contributed by atoms with Crippen LogP contribution in [-0.2, 0) is 11.2 Å². The van der Waals surface area contributed by atoms with E-state index >= 15 is 0 Å². The van der Waals surface area contributed by atoms with Gasteiger partial charge in [0.2, 0.25) is 5.95 Å². The van der Waals surface area contributed by atoms with Crippen LogP contribution >= 0.6 is 11.6 Å². The predicted molar refractivity (Wildman–Crippen MR) is 121 cm³/mol. The molecule has 0 atom stereocenters. The van der Waals surface area contributed by atoms with Crippen molar-refractivity contribution in [3.05, 3.63) is 64.3 Å². The van der Waals surface area contributed by atoms with Crippen molar-refractivity contribution < 1.29 is 14.3 Å². The lowest BCUT2D eigenvalue weighted by Crippen LogP contribution is -2.19. The number of hydrogen-bond acceptors (Lipinski definition) is 7. The third kappa shape index (κ3) is 5.10. The molecule has 160 valence electrons. The van der Waals surface area contributed by atoms with E-state index in [-0.39, 0.29) is 11.9 Å². The zero-order valence-corrected chi connectivity index (χ0v) is 18.1. The molecule has 0 unspecified atom stereocenters. The van der Waals surface area contributed by atoms with Crippen molar-refractivity contribution >= 4 is 46.9 Å². The maximum absolute atomic E-state index is 12.1. The molecule has 0 radical (unpaired) electrons. The summed E-state index contributed by atoms with van der Waals surface area (Å²) >= 11 is 6.28. The van der Waals surface area contributed by atoms with E-state index in [4.69, 9.17) is 16.3 Å². The SMILES string of the molecule is CNC(=O)c1ccccc1Nc1nc(Nc2cc(C)c(CC=O)cc2OC)ncc1Cl. The normalized spacial score (nSPS) is 10.3. The van der Waals surface area contributed by atoms with E-state index in [0.717, 1.165) is 17.4 Å². The number of aldehydes is 1. The number of anilines is 4. The molecule has 8 nitrogen and oxygen atoms in total. The molecule has 0 aliphatic heterocycles. The second-order valence-electron chi connectivity index (χ2n) is 6.61. The van der Waals surface area contributed by atoms with E-state index in [1.54, 1.807) is 44.5 Å². The lowest BCUT2D eigenvalue weighted by atomic mass is 10.0. The van der Waals surface area contributed by atoms with Gasteiger partial charge in [0.1, 0.15) is 17.1 Å². The minimum atomic E-state index is -0.234. The molecule has 0 aliphatic carbocycles. The first-order valence-corrected chi connectivity index (χ1v) is 9.83. The molecule has 2 aromatic carbocycles. The Morgan fingerprint density at radius 2 is 1.97 bits per heavy atom. The molecule has 3 N–H and O–H groups in total. The monoisotopic (exact) mass is 439 g/mol. The van der Waals surface area contributed by atoms with Crippen molar-refractivity contribution in [1.29, 1.82) is 0 Å². The van der Waals surface area contributed by atoms with Crippen LogP contribution in [0.2, 0.25) is 5.02 Å². The fourth-order valence-electron chi connectivity index (χ4n) is 2.99. The van der Waals surface area contributed by atoms with Crippen LogP contribution in [0.25, 0.3) is 0 Å². The average Bonchev–Trinajstić information content (AvgIpc) is 2.77. The van der Waals surface area contributed by atoms with Crippen LogP contribution in [-0.4, -0.2) is 36.3 Å². The topological polar surface area (TPSA) is 105 Å². The number of aryl methyl sites for hydroxylation is 1. The van der Waals surface area contributed by atoms with Crippen LogP contribution < -0.4 is 20.7 Å². The predicted octanol–water partition coefficient (Wildman–Crippen LogP) is 4.04. The number of rotatable bonds is 8. The molecule has 1 heterocycles. The number of nitrogens with zero attached hydrogens (tertiary/aromatic N) is 2. The van der Waals surface area contributed by atoms with Crippen LogP contribution in [0.4, 0.5) is 23.1 Å². The lowest BCUT2D eigenvalue weighted by molar-refractivity contribution is -0.107. The summed E-state index contributed by atoms with van der Waals surface area (Å²) in [5, 5.41) is 9.11. The maximum Gasteiger partial charge on any atom is 0.253 e. The third-order valence-electron chi connectivity index (χ3n) is 4.60. The van der Waals surface area contributed by atoms with Crippen molar-refractivity contribution in [2.75, 3.05) is 24.8 Å². The average molecular weight is 440 g/mol. The fourth-order valence-corrected chi connectivity index (χ4v) is 3.13. The third-order valence-corrected chi connectivity index (χ3v) is 4.88. The summed E-state index contributed by atoms with van der Waals surface area (Å²) in [6, 6.07) is 10.7. The van der Waals surface area contributed by atoms with E-state index in [2.05, 4.69) is 25.9 Å². The molecule has 31 heavy (non-hydrogen) atoms. The van der Waals surface area contributed by atoms with Gasteiger partial charge in [0, 0.05) is 13.5 Å². The van der Waals surface area contributed by atoms with Gasteiger partial charge in [-0.15, -0.1) is 0 Å². The number of hydrogen-bond donors (Lipinski definition) is 3. The second-order valence-corrected chi connectivity index (χ2v) is 7.02. The van der Waals surface area contributed by atoms with Crippen LogP contribution in [0, 0.1) is 6.92 Å². The molecular formula is C22H22ClN5O3. The number of benzene rings is 2. The molecule has 0 spiro atoms. The Morgan fingerprint density at radius 3 is 2.68 bits per heavy atom. The van der Waals surface area contributed by atoms with E-state index in [1.165, 1.54) is 6.20 Å². The maximum atomic E-state index is 12.1. The second kappa shape index (κ2) is 9.90. The molecule has 3 rings (SSSR count). The Balaban J connectivity index is 1.92. The van der Waals surface area contributed by atoms with E-state index in [9.17, 15) is 9.59 Å². The van der Waals surface area contributed by atoms with Crippen LogP contribution in [0.5, 0.6) is 5.75 Å². The molecular weight excluding hydrogens is 418 g/mol. The van der Waals surface area contributed by atoms with Gasteiger partial charge in [0.25, 0.3) is 5.91 Å². The highest BCUT2D eigenvalue weighted by Crippen LogP contribution is 2.32. The van der Waals surface area contributed by atoms with Gasteiger partial charge >= 0.3 is 0 Å². The number of nitrogens with one attached hydrogen (secondary N) is 3. The van der Waals surface area contributed by atoms with Crippen LogP contribution in [0.3, 0.4) is 0 Å². The number of amides is 1. The molecule has 0 saturated carbocycles. The quantitative estimate of drug-likeness (QED) is 0.455. The number of carbonyl (C=O) groups is 2. The zero-order valence-electron chi connectivity index (χ0n) is 17.3. The fraction of sp³-hybridized carbons (Fsp3) is 0.182. The van der Waals surface area contributed by atoms with Gasteiger partial charge in [-0.2, -0.15) is 4.98 Å². The zero-order chi connectivity index (χ0) is 22.4. The minimum absolute atomic E-state index is 0.234. The number of halogens is 1. The van der Waals surface area contributed by atoms with E-state index < -0.39 is 0 Å². The smallest absolute Gasteiger partial charge is 0.253 e. The Hall–Kier alpha value is -3.65. The van der Waals surface area contributed by atoms with Crippen molar-refractivity contribution in [3.63, 3.8) is 0 Å². The number of para-hydroxylation sites is 1. The van der Waals surface area contributed by atoms with Crippen LogP contribution in [0.1, 0.15) is 21.5 Å². The minimum Gasteiger partial charge on any atom is -0.495 e. The molecule has 0 saturated heterocycles. The molecule has 1 aromatic heterocycles. The highest BCUT2D eigenvalue weighted by molar-refractivity contribution is 6.33. The van der Waals surface area contributed by atoms with Gasteiger partial charge in [-0.1, -0.05) is 23.7 Å². The summed E-state index contributed by atoms with van der Waals surface area (Å²) < 4.78 is 5.44. The highest BCUT2D eigenvalue weighted by Gasteiger charge is 2.14. The number of ether oxygens (including phenoxy) is 1. The molecule has 0 fully saturated rings. The van der Waals surface area contributed by atoms with Gasteiger partial charge in [-0.25, -0.2) is 4.98 Å². The number of methoxy groups -OCH3 is 1. The summed E-state index contributed by atoms with van der Waals surface area (Å²) in [6.45, 7) is 1.91. The molecule has 9 heteroatoms. The van der Waals surface area contributed by atoms with E-state index in [0.29, 0.717) is 39.9 Å². The summed E-state index contributed by atoms with van der Waals surface area (Å²) in [6.07, 6.45) is 2.62. The Labute approximate surface area is 185 Å². The number of aromatic nitrogens is 2. The van der Waals surface area contributed by atoms with E-state index in [1.807, 2.05) is 13.0 Å². The van der Waals surface area contributed by atoms with Gasteiger partial charge < -0.3 is 25.5 Å². The van der Waals surface area contributed by atoms with Crippen molar-refractivity contribution in [2.45, 2.75) is 13.3 Å².